The van der Waals surface area contributed by atoms with E-state index in [9.17, 15) is 4.21 Å². The summed E-state index contributed by atoms with van der Waals surface area (Å²) in [5.74, 6) is 1.30. The van der Waals surface area contributed by atoms with Gasteiger partial charge >= 0.3 is 0 Å². The molecular formula is C11H15N3OS. The molecule has 0 fully saturated rings. The molecule has 0 saturated carbocycles. The normalized spacial score (nSPS) is 11.8. The van der Waals surface area contributed by atoms with E-state index in [0.29, 0.717) is 29.3 Å². The molecule has 1 rings (SSSR count). The lowest BCUT2D eigenvalue weighted by Crippen LogP contribution is -2.12. The molecule has 0 saturated heterocycles. The second kappa shape index (κ2) is 6.13. The summed E-state index contributed by atoms with van der Waals surface area (Å²) in [6, 6.07) is 7.19. The number of anilines is 2. The average molecular weight is 237 g/mol. The molecule has 0 amide bonds. The first-order valence-corrected chi connectivity index (χ1v) is 6.54. The SMILES string of the molecule is CCS(=O)CCNc1ccc(C#N)c(N)c1. The van der Waals surface area contributed by atoms with Crippen LogP contribution in [-0.4, -0.2) is 22.3 Å². The average Bonchev–Trinajstić information content (AvgIpc) is 2.29. The predicted octanol–water partition coefficient (Wildman–Crippen LogP) is 1.32. The van der Waals surface area contributed by atoms with Gasteiger partial charge in [-0.05, 0) is 18.2 Å². The molecule has 0 aliphatic carbocycles. The lowest BCUT2D eigenvalue weighted by molar-refractivity contribution is 0.684. The summed E-state index contributed by atoms with van der Waals surface area (Å²) in [6.07, 6.45) is 0. The van der Waals surface area contributed by atoms with E-state index >= 15 is 0 Å². The van der Waals surface area contributed by atoms with Gasteiger partial charge in [-0.25, -0.2) is 0 Å². The monoisotopic (exact) mass is 237 g/mol. The zero-order valence-electron chi connectivity index (χ0n) is 9.19. The number of nitriles is 1. The first kappa shape index (κ1) is 12.5. The Labute approximate surface area is 97.9 Å². The van der Waals surface area contributed by atoms with E-state index in [1.807, 2.05) is 13.0 Å². The molecule has 0 radical (unpaired) electrons. The molecule has 0 aromatic heterocycles. The maximum Gasteiger partial charge on any atom is 0.101 e. The van der Waals surface area contributed by atoms with Gasteiger partial charge < -0.3 is 11.1 Å². The van der Waals surface area contributed by atoms with E-state index in [1.54, 1.807) is 18.2 Å². The van der Waals surface area contributed by atoms with Gasteiger partial charge in [0.05, 0.1) is 11.3 Å². The number of nitrogens with one attached hydrogen (secondary N) is 1. The molecule has 0 bridgehead atoms. The molecule has 86 valence electrons. The summed E-state index contributed by atoms with van der Waals surface area (Å²) in [5.41, 5.74) is 7.46. The minimum atomic E-state index is -0.758. The maximum atomic E-state index is 11.2. The summed E-state index contributed by atoms with van der Waals surface area (Å²) in [5, 5.41) is 11.8. The molecule has 5 heteroatoms. The van der Waals surface area contributed by atoms with Crippen LogP contribution in [0.1, 0.15) is 12.5 Å². The van der Waals surface area contributed by atoms with Crippen molar-refractivity contribution in [1.29, 1.82) is 5.26 Å². The van der Waals surface area contributed by atoms with Gasteiger partial charge in [-0.3, -0.25) is 4.21 Å². The molecule has 1 unspecified atom stereocenters. The van der Waals surface area contributed by atoms with Crippen LogP contribution < -0.4 is 11.1 Å². The van der Waals surface area contributed by atoms with Crippen molar-refractivity contribution in [1.82, 2.24) is 0 Å². The third kappa shape index (κ3) is 3.55. The Morgan fingerprint density at radius 1 is 1.56 bits per heavy atom. The zero-order valence-corrected chi connectivity index (χ0v) is 10.0. The predicted molar refractivity (Wildman–Crippen MR) is 67.6 cm³/mol. The highest BCUT2D eigenvalue weighted by Crippen LogP contribution is 2.16. The quantitative estimate of drug-likeness (QED) is 0.757. The van der Waals surface area contributed by atoms with Gasteiger partial charge in [-0.15, -0.1) is 0 Å². The third-order valence-electron chi connectivity index (χ3n) is 2.15. The van der Waals surface area contributed by atoms with Gasteiger partial charge in [0.2, 0.25) is 0 Å². The van der Waals surface area contributed by atoms with Gasteiger partial charge in [-0.1, -0.05) is 6.92 Å². The van der Waals surface area contributed by atoms with Crippen LogP contribution >= 0.6 is 0 Å². The maximum absolute atomic E-state index is 11.2. The number of nitrogens with zero attached hydrogens (tertiary/aromatic N) is 1. The Morgan fingerprint density at radius 2 is 2.31 bits per heavy atom. The standard InChI is InChI=1S/C11H15N3OS/c1-2-16(15)6-5-14-10-4-3-9(8-12)11(13)7-10/h3-4,7,14H,2,5-6,13H2,1H3. The summed E-state index contributed by atoms with van der Waals surface area (Å²) >= 11 is 0. The van der Waals surface area contributed by atoms with E-state index in [-0.39, 0.29) is 0 Å². The summed E-state index contributed by atoms with van der Waals surface area (Å²) in [6.45, 7) is 2.54. The number of nitrogen functional groups attached to an aromatic ring is 1. The molecule has 1 aromatic rings. The first-order chi connectivity index (χ1) is 7.67. The van der Waals surface area contributed by atoms with E-state index in [0.717, 1.165) is 5.69 Å². The highest BCUT2D eigenvalue weighted by molar-refractivity contribution is 7.84. The van der Waals surface area contributed by atoms with Crippen molar-refractivity contribution in [2.24, 2.45) is 0 Å². The molecule has 1 aromatic carbocycles. The lowest BCUT2D eigenvalue weighted by Gasteiger charge is -2.07. The number of hydrogen-bond donors (Lipinski definition) is 2. The molecule has 1 atom stereocenters. The molecular weight excluding hydrogens is 222 g/mol. The highest BCUT2D eigenvalue weighted by atomic mass is 32.2. The highest BCUT2D eigenvalue weighted by Gasteiger charge is 2.00. The van der Waals surface area contributed by atoms with Crippen molar-refractivity contribution in [3.8, 4) is 6.07 Å². The van der Waals surface area contributed by atoms with Crippen molar-refractivity contribution in [3.63, 3.8) is 0 Å². The molecule has 0 spiro atoms. The Hall–Kier alpha value is -1.54. The minimum absolute atomic E-state index is 0.462. The van der Waals surface area contributed by atoms with Crippen LogP contribution in [0.2, 0.25) is 0 Å². The van der Waals surface area contributed by atoms with Gasteiger partial charge in [0.15, 0.2) is 0 Å². The zero-order chi connectivity index (χ0) is 12.0. The molecule has 0 heterocycles. The van der Waals surface area contributed by atoms with Crippen LogP contribution in [0.15, 0.2) is 18.2 Å². The van der Waals surface area contributed by atoms with Crippen LogP contribution in [0.4, 0.5) is 11.4 Å². The molecule has 4 nitrogen and oxygen atoms in total. The van der Waals surface area contributed by atoms with Crippen molar-refractivity contribution in [2.45, 2.75) is 6.92 Å². The van der Waals surface area contributed by atoms with Gasteiger partial charge in [-0.2, -0.15) is 5.26 Å². The Balaban J connectivity index is 2.53. The molecule has 0 aliphatic rings. The topological polar surface area (TPSA) is 78.9 Å². The van der Waals surface area contributed by atoms with Gasteiger partial charge in [0.25, 0.3) is 0 Å². The molecule has 3 N–H and O–H groups in total. The Morgan fingerprint density at radius 3 is 2.88 bits per heavy atom. The smallest absolute Gasteiger partial charge is 0.101 e. The second-order valence-electron chi connectivity index (χ2n) is 3.27. The summed E-state index contributed by atoms with van der Waals surface area (Å²) in [7, 11) is -0.758. The first-order valence-electron chi connectivity index (χ1n) is 5.05. The lowest BCUT2D eigenvalue weighted by atomic mass is 10.2. The van der Waals surface area contributed by atoms with Crippen molar-refractivity contribution >= 4 is 22.2 Å². The van der Waals surface area contributed by atoms with Gasteiger partial charge in [0.1, 0.15) is 6.07 Å². The van der Waals surface area contributed by atoms with E-state index < -0.39 is 10.8 Å². The van der Waals surface area contributed by atoms with Crippen LogP contribution in [0.25, 0.3) is 0 Å². The fourth-order valence-electron chi connectivity index (χ4n) is 1.23. The van der Waals surface area contributed by atoms with Crippen molar-refractivity contribution < 1.29 is 4.21 Å². The molecule has 0 aliphatic heterocycles. The molecule has 16 heavy (non-hydrogen) atoms. The largest absolute Gasteiger partial charge is 0.398 e. The van der Waals surface area contributed by atoms with Crippen LogP contribution in [0.5, 0.6) is 0 Å². The van der Waals surface area contributed by atoms with Crippen molar-refractivity contribution in [2.75, 3.05) is 29.1 Å². The van der Waals surface area contributed by atoms with Crippen LogP contribution in [-0.2, 0) is 10.8 Å². The Kier molecular flexibility index (Phi) is 4.80. The fourth-order valence-corrected chi connectivity index (χ4v) is 1.85. The summed E-state index contributed by atoms with van der Waals surface area (Å²) < 4.78 is 11.2. The second-order valence-corrected chi connectivity index (χ2v) is 5.14. The van der Waals surface area contributed by atoms with Crippen LogP contribution in [0.3, 0.4) is 0 Å². The number of nitrogens with two attached hydrogens (primary N) is 1. The minimum Gasteiger partial charge on any atom is -0.398 e. The Bertz CT molecular complexity index is 426. The van der Waals surface area contributed by atoms with Gasteiger partial charge in [0, 0.05) is 34.5 Å². The number of benzene rings is 1. The van der Waals surface area contributed by atoms with E-state index in [1.165, 1.54) is 0 Å². The third-order valence-corrected chi connectivity index (χ3v) is 3.46. The number of hydrogen-bond acceptors (Lipinski definition) is 4. The van der Waals surface area contributed by atoms with Crippen molar-refractivity contribution in [3.05, 3.63) is 23.8 Å². The number of rotatable bonds is 5. The van der Waals surface area contributed by atoms with Crippen LogP contribution in [0, 0.1) is 11.3 Å². The van der Waals surface area contributed by atoms with E-state index in [4.69, 9.17) is 11.0 Å². The fraction of sp³-hybridized carbons (Fsp3) is 0.364. The van der Waals surface area contributed by atoms with E-state index in [2.05, 4.69) is 5.32 Å². The summed E-state index contributed by atoms with van der Waals surface area (Å²) in [4.78, 5) is 0.